The Kier molecular flexibility index (Phi) is 3.51. The molecule has 0 saturated carbocycles. The number of carbonyl (C=O) groups excluding carboxylic acids is 1. The maximum Gasteiger partial charge on any atom is 0.229 e. The molecule has 0 aliphatic heterocycles. The van der Waals surface area contributed by atoms with Crippen LogP contribution in [0.15, 0.2) is 30.8 Å². The van der Waals surface area contributed by atoms with E-state index in [4.69, 9.17) is 5.73 Å². The zero-order chi connectivity index (χ0) is 10.4. The summed E-state index contributed by atoms with van der Waals surface area (Å²) in [5, 5.41) is 0. The Balaban J connectivity index is 2.79. The standard InChI is InChI=1S/C12H11NO/c1-2-10-5-3-6-11(9-10)7-4-8-12(13)14/h2-3,5-6,9H,1,8H2,(H2,13,14). The minimum atomic E-state index is -0.405. The summed E-state index contributed by atoms with van der Waals surface area (Å²) in [6.07, 6.45) is 1.84. The fourth-order valence-electron chi connectivity index (χ4n) is 0.977. The molecule has 0 atom stereocenters. The van der Waals surface area contributed by atoms with E-state index in [1.165, 1.54) is 0 Å². The molecule has 0 radical (unpaired) electrons. The third-order valence-corrected chi connectivity index (χ3v) is 1.62. The van der Waals surface area contributed by atoms with Gasteiger partial charge in [-0.2, -0.15) is 0 Å². The van der Waals surface area contributed by atoms with E-state index in [9.17, 15) is 4.79 Å². The Bertz CT molecular complexity index is 410. The number of benzene rings is 1. The molecule has 0 fully saturated rings. The number of hydrogen-bond acceptors (Lipinski definition) is 1. The van der Waals surface area contributed by atoms with Crippen molar-refractivity contribution in [3.8, 4) is 11.8 Å². The topological polar surface area (TPSA) is 43.1 Å². The van der Waals surface area contributed by atoms with Crippen molar-refractivity contribution in [2.75, 3.05) is 0 Å². The molecule has 0 bridgehead atoms. The maximum atomic E-state index is 10.4. The molecule has 0 aliphatic rings. The SMILES string of the molecule is C=Cc1cccc(C#CCC(N)=O)c1. The second-order valence-electron chi connectivity index (χ2n) is 2.77. The highest BCUT2D eigenvalue weighted by Gasteiger charge is 1.89. The molecule has 2 N–H and O–H groups in total. The zero-order valence-corrected chi connectivity index (χ0v) is 7.79. The lowest BCUT2D eigenvalue weighted by atomic mass is 10.1. The van der Waals surface area contributed by atoms with Crippen LogP contribution in [0.2, 0.25) is 0 Å². The second kappa shape index (κ2) is 4.88. The predicted octanol–water partition coefficient (Wildman–Crippen LogP) is 1.56. The number of nitrogens with two attached hydrogens (primary N) is 1. The highest BCUT2D eigenvalue weighted by atomic mass is 16.1. The summed E-state index contributed by atoms with van der Waals surface area (Å²) in [6.45, 7) is 3.66. The molecule has 0 unspecified atom stereocenters. The van der Waals surface area contributed by atoms with Crippen molar-refractivity contribution in [3.05, 3.63) is 42.0 Å². The number of carbonyl (C=O) groups is 1. The van der Waals surface area contributed by atoms with Crippen molar-refractivity contribution in [3.63, 3.8) is 0 Å². The van der Waals surface area contributed by atoms with Gasteiger partial charge in [0.1, 0.15) is 0 Å². The summed E-state index contributed by atoms with van der Waals surface area (Å²) in [5.74, 6) is 5.14. The van der Waals surface area contributed by atoms with Gasteiger partial charge in [0.2, 0.25) is 5.91 Å². The van der Waals surface area contributed by atoms with Gasteiger partial charge in [0.15, 0.2) is 0 Å². The van der Waals surface area contributed by atoms with Crippen LogP contribution in [-0.2, 0) is 4.79 Å². The molecule has 1 aromatic rings. The lowest BCUT2D eigenvalue weighted by Gasteiger charge is -1.92. The van der Waals surface area contributed by atoms with Gasteiger partial charge in [-0.25, -0.2) is 0 Å². The van der Waals surface area contributed by atoms with Crippen LogP contribution >= 0.6 is 0 Å². The molecule has 0 saturated heterocycles. The lowest BCUT2D eigenvalue weighted by molar-refractivity contribution is -0.117. The third kappa shape index (κ3) is 3.16. The van der Waals surface area contributed by atoms with Gasteiger partial charge in [0.25, 0.3) is 0 Å². The molecule has 1 amide bonds. The van der Waals surface area contributed by atoms with Gasteiger partial charge in [-0.05, 0) is 17.7 Å². The van der Waals surface area contributed by atoms with E-state index in [1.54, 1.807) is 6.08 Å². The molecule has 1 aromatic carbocycles. The first kappa shape index (κ1) is 10.1. The summed E-state index contributed by atoms with van der Waals surface area (Å²) < 4.78 is 0. The van der Waals surface area contributed by atoms with Crippen molar-refractivity contribution in [1.82, 2.24) is 0 Å². The zero-order valence-electron chi connectivity index (χ0n) is 7.79. The van der Waals surface area contributed by atoms with Gasteiger partial charge >= 0.3 is 0 Å². The minimum Gasteiger partial charge on any atom is -0.369 e. The van der Waals surface area contributed by atoms with Crippen molar-refractivity contribution in [1.29, 1.82) is 0 Å². The Hall–Kier alpha value is -2.01. The molecular formula is C12H11NO. The minimum absolute atomic E-state index is 0.0956. The van der Waals surface area contributed by atoms with Crippen LogP contribution in [0.3, 0.4) is 0 Å². The Morgan fingerprint density at radius 3 is 3.00 bits per heavy atom. The van der Waals surface area contributed by atoms with Crippen LogP contribution in [0.5, 0.6) is 0 Å². The van der Waals surface area contributed by atoms with Gasteiger partial charge in [-0.1, -0.05) is 36.6 Å². The predicted molar refractivity (Wildman–Crippen MR) is 57.2 cm³/mol. The fraction of sp³-hybridized carbons (Fsp3) is 0.0833. The first-order valence-corrected chi connectivity index (χ1v) is 4.22. The Morgan fingerprint density at radius 2 is 2.36 bits per heavy atom. The molecule has 2 nitrogen and oxygen atoms in total. The molecule has 2 heteroatoms. The quantitative estimate of drug-likeness (QED) is 0.698. The van der Waals surface area contributed by atoms with Crippen LogP contribution in [0.1, 0.15) is 17.5 Å². The number of amides is 1. The molecule has 0 spiro atoms. The number of rotatable bonds is 2. The normalized spacial score (nSPS) is 8.57. The van der Waals surface area contributed by atoms with Crippen LogP contribution in [-0.4, -0.2) is 5.91 Å². The average Bonchev–Trinajstić information content (AvgIpc) is 2.18. The molecule has 0 heterocycles. The van der Waals surface area contributed by atoms with Gasteiger partial charge < -0.3 is 5.73 Å². The molecule has 0 aliphatic carbocycles. The average molecular weight is 185 g/mol. The van der Waals surface area contributed by atoms with E-state index < -0.39 is 5.91 Å². The van der Waals surface area contributed by atoms with Gasteiger partial charge in [0.05, 0.1) is 6.42 Å². The van der Waals surface area contributed by atoms with E-state index in [0.717, 1.165) is 11.1 Å². The van der Waals surface area contributed by atoms with E-state index in [0.29, 0.717) is 0 Å². The first-order valence-electron chi connectivity index (χ1n) is 4.22. The van der Waals surface area contributed by atoms with Crippen molar-refractivity contribution in [2.45, 2.75) is 6.42 Å². The first-order chi connectivity index (χ1) is 6.72. The lowest BCUT2D eigenvalue weighted by Crippen LogP contribution is -2.08. The highest BCUT2D eigenvalue weighted by molar-refractivity contribution is 5.76. The van der Waals surface area contributed by atoms with Gasteiger partial charge in [0, 0.05) is 5.56 Å². The third-order valence-electron chi connectivity index (χ3n) is 1.62. The van der Waals surface area contributed by atoms with E-state index in [2.05, 4.69) is 18.4 Å². The van der Waals surface area contributed by atoms with Crippen LogP contribution < -0.4 is 5.73 Å². The molecule has 70 valence electrons. The second-order valence-corrected chi connectivity index (χ2v) is 2.77. The van der Waals surface area contributed by atoms with Gasteiger partial charge in [-0.3, -0.25) is 4.79 Å². The number of primary amides is 1. The molecule has 14 heavy (non-hydrogen) atoms. The fourth-order valence-corrected chi connectivity index (χ4v) is 0.977. The Morgan fingerprint density at radius 1 is 1.57 bits per heavy atom. The van der Waals surface area contributed by atoms with Crippen molar-refractivity contribution in [2.24, 2.45) is 5.73 Å². The van der Waals surface area contributed by atoms with E-state index in [1.807, 2.05) is 24.3 Å². The maximum absolute atomic E-state index is 10.4. The summed E-state index contributed by atoms with van der Waals surface area (Å²) in [5.41, 5.74) is 6.83. The molecular weight excluding hydrogens is 174 g/mol. The number of hydrogen-bond donors (Lipinski definition) is 1. The van der Waals surface area contributed by atoms with Gasteiger partial charge in [-0.15, -0.1) is 0 Å². The van der Waals surface area contributed by atoms with Crippen molar-refractivity contribution < 1.29 is 4.79 Å². The van der Waals surface area contributed by atoms with Crippen LogP contribution in [0.4, 0.5) is 0 Å². The summed E-state index contributed by atoms with van der Waals surface area (Å²) in [4.78, 5) is 10.4. The van der Waals surface area contributed by atoms with Crippen LogP contribution in [0.25, 0.3) is 6.08 Å². The highest BCUT2D eigenvalue weighted by Crippen LogP contribution is 2.04. The van der Waals surface area contributed by atoms with Crippen molar-refractivity contribution >= 4 is 12.0 Å². The Labute approximate surface area is 83.4 Å². The summed E-state index contributed by atoms with van der Waals surface area (Å²) >= 11 is 0. The molecule has 1 rings (SSSR count). The van der Waals surface area contributed by atoms with E-state index >= 15 is 0 Å². The largest absolute Gasteiger partial charge is 0.369 e. The molecule has 0 aromatic heterocycles. The van der Waals surface area contributed by atoms with E-state index in [-0.39, 0.29) is 6.42 Å². The summed E-state index contributed by atoms with van der Waals surface area (Å²) in [7, 11) is 0. The summed E-state index contributed by atoms with van der Waals surface area (Å²) in [6, 6.07) is 7.61. The van der Waals surface area contributed by atoms with Crippen LogP contribution in [0, 0.1) is 11.8 Å². The smallest absolute Gasteiger partial charge is 0.229 e. The monoisotopic (exact) mass is 185 g/mol.